The van der Waals surface area contributed by atoms with Crippen LogP contribution in [0.25, 0.3) is 0 Å². The summed E-state index contributed by atoms with van der Waals surface area (Å²) in [4.78, 5) is 4.59. The molecule has 2 rings (SSSR count). The predicted molar refractivity (Wildman–Crippen MR) is 77.1 cm³/mol. The van der Waals surface area contributed by atoms with Gasteiger partial charge < -0.3 is 4.57 Å². The molecule has 3 atom stereocenters. The summed E-state index contributed by atoms with van der Waals surface area (Å²) in [7, 11) is 0. The highest BCUT2D eigenvalue weighted by Gasteiger charge is 2.40. The van der Waals surface area contributed by atoms with Gasteiger partial charge in [0.1, 0.15) is 0 Å². The lowest BCUT2D eigenvalue weighted by Crippen LogP contribution is -2.39. The molecule has 1 aromatic rings. The van der Waals surface area contributed by atoms with Crippen molar-refractivity contribution in [1.82, 2.24) is 9.55 Å². The molecule has 1 saturated carbocycles. The Bertz CT molecular complexity index is 397. The third-order valence-corrected chi connectivity index (χ3v) is 5.10. The zero-order chi connectivity index (χ0) is 13.3. The van der Waals surface area contributed by atoms with Crippen LogP contribution in [0.3, 0.4) is 0 Å². The normalized spacial score (nSPS) is 29.5. The van der Waals surface area contributed by atoms with Gasteiger partial charge in [0.15, 0.2) is 0 Å². The molecule has 0 saturated heterocycles. The van der Waals surface area contributed by atoms with Crippen LogP contribution >= 0.6 is 11.6 Å². The molecule has 0 aromatic carbocycles. The molecule has 0 N–H and O–H groups in total. The van der Waals surface area contributed by atoms with E-state index >= 15 is 0 Å². The first kappa shape index (κ1) is 13.9. The molecular formula is C15H25ClN2. The van der Waals surface area contributed by atoms with Gasteiger partial charge in [0.2, 0.25) is 0 Å². The summed E-state index contributed by atoms with van der Waals surface area (Å²) in [6.07, 6.45) is 7.78. The van der Waals surface area contributed by atoms with E-state index in [-0.39, 0.29) is 10.8 Å². The summed E-state index contributed by atoms with van der Waals surface area (Å²) < 4.78 is 2.14. The molecule has 1 heterocycles. The zero-order valence-electron chi connectivity index (χ0n) is 12.0. The highest BCUT2D eigenvalue weighted by atomic mass is 35.5. The Balaban J connectivity index is 2.19. The number of nitrogens with zero attached hydrogens (tertiary/aromatic N) is 2. The summed E-state index contributed by atoms with van der Waals surface area (Å²) in [5, 5.41) is 0.288. The van der Waals surface area contributed by atoms with Crippen molar-refractivity contribution in [1.29, 1.82) is 0 Å². The number of hydrogen-bond donors (Lipinski definition) is 0. The van der Waals surface area contributed by atoms with Crippen LogP contribution < -0.4 is 0 Å². The van der Waals surface area contributed by atoms with Gasteiger partial charge in [-0.2, -0.15) is 0 Å². The van der Waals surface area contributed by atoms with Crippen molar-refractivity contribution in [3.63, 3.8) is 0 Å². The number of alkyl halides is 1. The van der Waals surface area contributed by atoms with Crippen LogP contribution in [0.15, 0.2) is 12.5 Å². The Labute approximate surface area is 116 Å². The van der Waals surface area contributed by atoms with Crippen molar-refractivity contribution in [3.05, 3.63) is 18.2 Å². The van der Waals surface area contributed by atoms with E-state index in [1.165, 1.54) is 18.5 Å². The van der Waals surface area contributed by atoms with Gasteiger partial charge in [0.05, 0.1) is 12.0 Å². The van der Waals surface area contributed by atoms with Crippen LogP contribution in [-0.4, -0.2) is 14.9 Å². The van der Waals surface area contributed by atoms with E-state index in [2.05, 4.69) is 43.4 Å². The van der Waals surface area contributed by atoms with Crippen molar-refractivity contribution in [3.8, 4) is 0 Å². The van der Waals surface area contributed by atoms with Crippen LogP contribution in [0, 0.1) is 11.8 Å². The number of halogens is 1. The molecule has 2 nitrogen and oxygen atoms in total. The minimum Gasteiger partial charge on any atom is -0.337 e. The van der Waals surface area contributed by atoms with Crippen LogP contribution in [0.2, 0.25) is 0 Å². The highest BCUT2D eigenvalue weighted by Crippen LogP contribution is 2.43. The van der Waals surface area contributed by atoms with Gasteiger partial charge in [-0.15, -0.1) is 11.6 Å². The van der Waals surface area contributed by atoms with Crippen molar-refractivity contribution in [2.24, 2.45) is 11.8 Å². The molecule has 0 spiro atoms. The minimum absolute atomic E-state index is 0.0764. The summed E-state index contributed by atoms with van der Waals surface area (Å²) >= 11 is 6.62. The van der Waals surface area contributed by atoms with Gasteiger partial charge in [0.25, 0.3) is 0 Å². The Hall–Kier alpha value is -0.500. The van der Waals surface area contributed by atoms with Crippen molar-refractivity contribution >= 4 is 11.6 Å². The molecule has 102 valence electrons. The zero-order valence-corrected chi connectivity index (χ0v) is 12.7. The number of aromatic nitrogens is 2. The number of aryl methyl sites for hydroxylation is 1. The fraction of sp³-hybridized carbons (Fsp3) is 0.800. The maximum atomic E-state index is 6.62. The molecule has 0 bridgehead atoms. The van der Waals surface area contributed by atoms with Crippen molar-refractivity contribution < 1.29 is 0 Å². The second-order valence-electron chi connectivity index (χ2n) is 6.35. The van der Waals surface area contributed by atoms with Crippen LogP contribution in [0.5, 0.6) is 0 Å². The predicted octanol–water partition coefficient (Wildman–Crippen LogP) is 4.22. The maximum absolute atomic E-state index is 6.62. The monoisotopic (exact) mass is 268 g/mol. The van der Waals surface area contributed by atoms with E-state index in [1.807, 2.05) is 6.33 Å². The number of rotatable bonds is 3. The molecule has 1 aliphatic rings. The number of imidazole rings is 1. The third kappa shape index (κ3) is 2.59. The average molecular weight is 269 g/mol. The Morgan fingerprint density at radius 2 is 2.17 bits per heavy atom. The first-order valence-corrected chi connectivity index (χ1v) is 7.55. The molecule has 3 unspecified atom stereocenters. The molecular weight excluding hydrogens is 244 g/mol. The minimum atomic E-state index is 0.0764. The summed E-state index contributed by atoms with van der Waals surface area (Å²) in [6, 6.07) is 0. The van der Waals surface area contributed by atoms with Crippen molar-refractivity contribution in [2.45, 2.75) is 64.3 Å². The second-order valence-corrected chi connectivity index (χ2v) is 6.91. The molecule has 1 aliphatic carbocycles. The number of hydrogen-bond acceptors (Lipinski definition) is 1. The van der Waals surface area contributed by atoms with E-state index in [1.54, 1.807) is 0 Å². The summed E-state index contributed by atoms with van der Waals surface area (Å²) in [5.41, 5.74) is 1.27. The van der Waals surface area contributed by atoms with E-state index in [9.17, 15) is 0 Å². The summed E-state index contributed by atoms with van der Waals surface area (Å²) in [6.45, 7) is 10.0. The topological polar surface area (TPSA) is 17.8 Å². The van der Waals surface area contributed by atoms with Crippen LogP contribution in [-0.2, 0) is 12.0 Å². The molecule has 1 fully saturated rings. The van der Waals surface area contributed by atoms with Gasteiger partial charge in [-0.1, -0.05) is 27.2 Å². The highest BCUT2D eigenvalue weighted by molar-refractivity contribution is 6.20. The van der Waals surface area contributed by atoms with Crippen LogP contribution in [0.1, 0.15) is 52.7 Å². The molecule has 3 heteroatoms. The second kappa shape index (κ2) is 5.24. The summed E-state index contributed by atoms with van der Waals surface area (Å²) in [5.74, 6) is 1.31. The van der Waals surface area contributed by atoms with Gasteiger partial charge in [-0.05, 0) is 31.6 Å². The maximum Gasteiger partial charge on any atom is 0.0949 e. The van der Waals surface area contributed by atoms with Gasteiger partial charge >= 0.3 is 0 Å². The SMILES string of the molecule is CCn1cnc(C(C)(C)C2CCC(C)CC2Cl)c1. The lowest BCUT2D eigenvalue weighted by atomic mass is 9.67. The fourth-order valence-corrected chi connectivity index (χ4v) is 3.93. The molecule has 0 aliphatic heterocycles. The van der Waals surface area contributed by atoms with Gasteiger partial charge in [0, 0.05) is 23.5 Å². The standard InChI is InChI=1S/C15H25ClN2/c1-5-18-9-14(17-10-18)15(3,4)12-7-6-11(2)8-13(12)16/h9-13H,5-8H2,1-4H3. The van der Waals surface area contributed by atoms with E-state index in [0.29, 0.717) is 5.92 Å². The Kier molecular flexibility index (Phi) is 4.05. The fourth-order valence-electron chi connectivity index (χ4n) is 3.18. The largest absolute Gasteiger partial charge is 0.337 e. The quantitative estimate of drug-likeness (QED) is 0.751. The first-order chi connectivity index (χ1) is 8.45. The van der Waals surface area contributed by atoms with E-state index in [0.717, 1.165) is 18.9 Å². The van der Waals surface area contributed by atoms with Gasteiger partial charge in [-0.25, -0.2) is 4.98 Å². The molecule has 1 aromatic heterocycles. The molecule has 18 heavy (non-hydrogen) atoms. The average Bonchev–Trinajstić information content (AvgIpc) is 2.77. The smallest absolute Gasteiger partial charge is 0.0949 e. The molecule has 0 amide bonds. The third-order valence-electron chi connectivity index (χ3n) is 4.62. The molecule has 0 radical (unpaired) electrons. The van der Waals surface area contributed by atoms with Crippen LogP contribution in [0.4, 0.5) is 0 Å². The first-order valence-electron chi connectivity index (χ1n) is 7.11. The van der Waals surface area contributed by atoms with Gasteiger partial charge in [-0.3, -0.25) is 0 Å². The van der Waals surface area contributed by atoms with E-state index < -0.39 is 0 Å². The Morgan fingerprint density at radius 1 is 1.44 bits per heavy atom. The van der Waals surface area contributed by atoms with Crippen molar-refractivity contribution in [2.75, 3.05) is 0 Å². The lowest BCUT2D eigenvalue weighted by Gasteiger charge is -2.41. The Morgan fingerprint density at radius 3 is 2.72 bits per heavy atom. The van der Waals surface area contributed by atoms with E-state index in [4.69, 9.17) is 11.6 Å². The lowest BCUT2D eigenvalue weighted by molar-refractivity contribution is 0.204.